The van der Waals surface area contributed by atoms with Gasteiger partial charge in [0.1, 0.15) is 6.10 Å². The fraction of sp³-hybridized carbons (Fsp3) is 0.421. The third-order valence-electron chi connectivity index (χ3n) is 3.80. The Morgan fingerprint density at radius 3 is 2.62 bits per heavy atom. The summed E-state index contributed by atoms with van der Waals surface area (Å²) in [6, 6.07) is 10.2. The lowest BCUT2D eigenvalue weighted by atomic mass is 9.96. The number of thioether (sulfide) groups is 1. The van der Waals surface area contributed by atoms with Crippen molar-refractivity contribution in [1.82, 2.24) is 4.98 Å². The van der Waals surface area contributed by atoms with Crippen LogP contribution in [0.3, 0.4) is 0 Å². The Balaban J connectivity index is 0.00000288. The Hall–Kier alpha value is -1.07. The molecule has 2 aromatic rings. The minimum atomic E-state index is -0.620. The first kappa shape index (κ1) is 21.0. The largest absolute Gasteiger partial charge is 0.384 e. The number of halogens is 1. The van der Waals surface area contributed by atoms with Gasteiger partial charge < -0.3 is 10.8 Å². The molecule has 1 aromatic heterocycles. The Morgan fingerprint density at radius 1 is 1.21 bits per heavy atom. The van der Waals surface area contributed by atoms with Gasteiger partial charge in [-0.25, -0.2) is 4.98 Å². The van der Waals surface area contributed by atoms with Gasteiger partial charge in [0.2, 0.25) is 0 Å². The molecular weight excluding hydrogens is 340 g/mol. The van der Waals surface area contributed by atoms with E-state index in [2.05, 4.69) is 30.1 Å². The number of aromatic nitrogens is 1. The Labute approximate surface area is 155 Å². The second kappa shape index (κ2) is 10.0. The van der Waals surface area contributed by atoms with Crippen LogP contribution >= 0.6 is 24.2 Å². The maximum Gasteiger partial charge on any atom is 0.104 e. The molecule has 0 spiro atoms. The van der Waals surface area contributed by atoms with E-state index in [0.717, 1.165) is 51.6 Å². The van der Waals surface area contributed by atoms with Gasteiger partial charge in [0.05, 0.1) is 5.03 Å². The highest BCUT2D eigenvalue weighted by molar-refractivity contribution is 7.99. The van der Waals surface area contributed by atoms with Crippen molar-refractivity contribution in [2.45, 2.75) is 44.7 Å². The van der Waals surface area contributed by atoms with Crippen LogP contribution < -0.4 is 5.73 Å². The monoisotopic (exact) mass is 366 g/mol. The molecule has 0 fully saturated rings. The topological polar surface area (TPSA) is 59.1 Å². The van der Waals surface area contributed by atoms with Crippen molar-refractivity contribution in [3.05, 3.63) is 58.3 Å². The number of benzene rings is 1. The smallest absolute Gasteiger partial charge is 0.104 e. The Kier molecular flexibility index (Phi) is 8.78. The predicted molar refractivity (Wildman–Crippen MR) is 105 cm³/mol. The maximum absolute atomic E-state index is 10.9. The van der Waals surface area contributed by atoms with Crippen molar-refractivity contribution in [3.63, 3.8) is 0 Å². The molecule has 1 unspecified atom stereocenters. The lowest BCUT2D eigenvalue weighted by Crippen LogP contribution is -2.06. The number of nitrogens with zero attached hydrogens (tertiary/aromatic N) is 1. The zero-order valence-corrected chi connectivity index (χ0v) is 16.2. The van der Waals surface area contributed by atoms with Crippen LogP contribution in [0.4, 0.5) is 0 Å². The minimum Gasteiger partial charge on any atom is -0.384 e. The third kappa shape index (κ3) is 5.49. The van der Waals surface area contributed by atoms with Crippen molar-refractivity contribution in [1.29, 1.82) is 0 Å². The van der Waals surface area contributed by atoms with Crippen LogP contribution in [-0.4, -0.2) is 22.4 Å². The first-order valence-electron chi connectivity index (χ1n) is 8.14. The molecule has 132 valence electrons. The van der Waals surface area contributed by atoms with Crippen molar-refractivity contribution in [2.75, 3.05) is 12.3 Å². The van der Waals surface area contributed by atoms with Crippen molar-refractivity contribution in [2.24, 2.45) is 5.73 Å². The number of pyridine rings is 1. The molecule has 5 heteroatoms. The van der Waals surface area contributed by atoms with E-state index < -0.39 is 6.10 Å². The maximum atomic E-state index is 10.9. The van der Waals surface area contributed by atoms with Gasteiger partial charge in [0.25, 0.3) is 0 Å². The van der Waals surface area contributed by atoms with Crippen LogP contribution in [0.1, 0.15) is 47.4 Å². The number of hydrogen-bond donors (Lipinski definition) is 2. The zero-order valence-electron chi connectivity index (χ0n) is 14.6. The van der Waals surface area contributed by atoms with E-state index in [1.165, 1.54) is 0 Å². The van der Waals surface area contributed by atoms with Gasteiger partial charge in [-0.05, 0) is 49.1 Å². The summed E-state index contributed by atoms with van der Waals surface area (Å²) >= 11 is 1.65. The SMILES string of the molecule is CCCc1cc(C(O)c2cc(C)ccc2C)cc(SCCN)n1.Cl. The minimum absolute atomic E-state index is 0. The molecule has 0 amide bonds. The predicted octanol–water partition coefficient (Wildman–Crippen LogP) is 4.21. The molecule has 1 heterocycles. The van der Waals surface area contributed by atoms with Crippen LogP contribution in [0.15, 0.2) is 35.4 Å². The highest BCUT2D eigenvalue weighted by atomic mass is 35.5. The average Bonchev–Trinajstić information content (AvgIpc) is 2.54. The fourth-order valence-corrected chi connectivity index (χ4v) is 3.32. The Morgan fingerprint density at radius 2 is 1.96 bits per heavy atom. The molecule has 0 aliphatic heterocycles. The van der Waals surface area contributed by atoms with Crippen LogP contribution in [0, 0.1) is 13.8 Å². The summed E-state index contributed by atoms with van der Waals surface area (Å²) < 4.78 is 0. The van der Waals surface area contributed by atoms with Crippen LogP contribution in [0.2, 0.25) is 0 Å². The molecule has 1 atom stereocenters. The Bertz CT molecular complexity index is 664. The number of aliphatic hydroxyl groups is 1. The highest BCUT2D eigenvalue weighted by Crippen LogP contribution is 2.29. The number of aryl methyl sites for hydroxylation is 3. The molecule has 0 radical (unpaired) electrons. The second-order valence-corrected chi connectivity index (χ2v) is 6.99. The summed E-state index contributed by atoms with van der Waals surface area (Å²) in [5.41, 5.74) is 10.8. The molecule has 3 N–H and O–H groups in total. The van der Waals surface area contributed by atoms with Crippen LogP contribution in [0.25, 0.3) is 0 Å². The molecule has 0 aliphatic rings. The lowest BCUT2D eigenvalue weighted by Gasteiger charge is -2.17. The van der Waals surface area contributed by atoms with Gasteiger partial charge in [-0.1, -0.05) is 37.1 Å². The number of hydrogen-bond acceptors (Lipinski definition) is 4. The summed E-state index contributed by atoms with van der Waals surface area (Å²) in [5.74, 6) is 0.835. The van der Waals surface area contributed by atoms with Crippen molar-refractivity contribution < 1.29 is 5.11 Å². The zero-order chi connectivity index (χ0) is 16.8. The van der Waals surface area contributed by atoms with Gasteiger partial charge in [-0.3, -0.25) is 0 Å². The number of aliphatic hydroxyl groups excluding tert-OH is 1. The van der Waals surface area contributed by atoms with E-state index in [0.29, 0.717) is 6.54 Å². The van der Waals surface area contributed by atoms with Crippen molar-refractivity contribution in [3.8, 4) is 0 Å². The van der Waals surface area contributed by atoms with Crippen LogP contribution in [-0.2, 0) is 6.42 Å². The fourth-order valence-electron chi connectivity index (χ4n) is 2.60. The molecule has 1 aromatic carbocycles. The van der Waals surface area contributed by atoms with E-state index in [9.17, 15) is 5.11 Å². The van der Waals surface area contributed by atoms with Gasteiger partial charge in [0, 0.05) is 18.0 Å². The molecule has 24 heavy (non-hydrogen) atoms. The molecular formula is C19H27ClN2OS. The van der Waals surface area contributed by atoms with Gasteiger partial charge in [0.15, 0.2) is 0 Å². The molecule has 0 saturated heterocycles. The van der Waals surface area contributed by atoms with E-state index in [1.807, 2.05) is 26.0 Å². The second-order valence-electron chi connectivity index (χ2n) is 5.88. The lowest BCUT2D eigenvalue weighted by molar-refractivity contribution is 0.219. The van der Waals surface area contributed by atoms with E-state index in [4.69, 9.17) is 5.73 Å². The third-order valence-corrected chi connectivity index (χ3v) is 4.74. The summed E-state index contributed by atoms with van der Waals surface area (Å²) in [5, 5.41) is 11.8. The summed E-state index contributed by atoms with van der Waals surface area (Å²) in [6.45, 7) is 6.85. The average molecular weight is 367 g/mol. The standard InChI is InChI=1S/C19H26N2OS.ClH/c1-4-5-16-11-15(12-18(21-16)23-9-8-20)19(22)17-10-13(2)6-7-14(17)3;/h6-7,10-12,19,22H,4-5,8-9,20H2,1-3H3;1H. The van der Waals surface area contributed by atoms with E-state index in [-0.39, 0.29) is 12.4 Å². The molecule has 0 aliphatic carbocycles. The highest BCUT2D eigenvalue weighted by Gasteiger charge is 2.15. The summed E-state index contributed by atoms with van der Waals surface area (Å²) in [4.78, 5) is 4.67. The van der Waals surface area contributed by atoms with Crippen LogP contribution in [0.5, 0.6) is 0 Å². The molecule has 2 rings (SSSR count). The molecule has 0 saturated carbocycles. The van der Waals surface area contributed by atoms with Gasteiger partial charge in [-0.15, -0.1) is 24.2 Å². The van der Waals surface area contributed by atoms with E-state index in [1.54, 1.807) is 11.8 Å². The summed E-state index contributed by atoms with van der Waals surface area (Å²) in [7, 11) is 0. The first-order chi connectivity index (χ1) is 11.0. The van der Waals surface area contributed by atoms with Gasteiger partial charge >= 0.3 is 0 Å². The van der Waals surface area contributed by atoms with E-state index >= 15 is 0 Å². The van der Waals surface area contributed by atoms with Crippen molar-refractivity contribution >= 4 is 24.2 Å². The molecule has 0 bridgehead atoms. The number of rotatable bonds is 7. The summed E-state index contributed by atoms with van der Waals surface area (Å²) in [6.07, 6.45) is 1.34. The quantitative estimate of drug-likeness (QED) is 0.721. The normalized spacial score (nSPS) is 11.9. The molecule has 3 nitrogen and oxygen atoms in total. The number of nitrogens with two attached hydrogens (primary N) is 1. The van der Waals surface area contributed by atoms with Gasteiger partial charge in [-0.2, -0.15) is 0 Å². The first-order valence-corrected chi connectivity index (χ1v) is 9.12.